The number of likely N-dealkylation sites (tertiary alicyclic amines) is 1. The molecule has 1 aliphatic rings. The first-order valence-corrected chi connectivity index (χ1v) is 16.3. The van der Waals surface area contributed by atoms with E-state index in [0.29, 0.717) is 12.8 Å². The first-order chi connectivity index (χ1) is 21.6. The van der Waals surface area contributed by atoms with E-state index in [4.69, 9.17) is 10.2 Å². The first kappa shape index (κ1) is 38.5. The van der Waals surface area contributed by atoms with E-state index in [9.17, 15) is 33.9 Å². The van der Waals surface area contributed by atoms with Crippen LogP contribution in [0, 0.1) is 11.8 Å². The maximum atomic E-state index is 13.5. The minimum absolute atomic E-state index is 0.0498. The number of aliphatic carboxylic acids is 2. The van der Waals surface area contributed by atoms with Crippen LogP contribution in [0.1, 0.15) is 76.7 Å². The lowest BCUT2D eigenvalue weighted by molar-refractivity contribution is -0.138. The fourth-order valence-corrected chi connectivity index (χ4v) is 5.61. The molecule has 1 saturated heterocycles. The van der Waals surface area contributed by atoms with Crippen molar-refractivity contribution in [2.45, 2.75) is 96.6 Å². The number of carbonyl (C=O) groups excluding carboxylic acids is 4. The van der Waals surface area contributed by atoms with E-state index in [0.717, 1.165) is 30.7 Å². The summed E-state index contributed by atoms with van der Waals surface area (Å²) in [5, 5.41) is 42.5. The molecule has 2 heterocycles. The lowest BCUT2D eigenvalue weighted by Crippen LogP contribution is -2.59. The summed E-state index contributed by atoms with van der Waals surface area (Å²) in [6, 6.07) is -3.33. The number of nitrogens with one attached hydrogen (secondary N) is 5. The van der Waals surface area contributed by atoms with Gasteiger partial charge in [-0.3, -0.25) is 39.0 Å². The molecular weight excluding hydrogens is 622 g/mol. The summed E-state index contributed by atoms with van der Waals surface area (Å²) >= 11 is 0.933. The van der Waals surface area contributed by atoms with Gasteiger partial charge in [-0.15, -0.1) is 11.3 Å². The zero-order valence-electron chi connectivity index (χ0n) is 26.9. The molecule has 0 aromatic carbocycles. The fourth-order valence-electron chi connectivity index (χ4n) is 4.92. The third-order valence-corrected chi connectivity index (χ3v) is 8.67. The van der Waals surface area contributed by atoms with Crippen LogP contribution in [-0.4, -0.2) is 111 Å². The minimum atomic E-state index is -1.56. The second-order valence-electron chi connectivity index (χ2n) is 11.9. The first-order valence-electron chi connectivity index (χ1n) is 15.4. The Balaban J connectivity index is 2.09. The normalized spacial score (nSPS) is 18.5. The Bertz CT molecular complexity index is 1230. The van der Waals surface area contributed by atoms with Gasteiger partial charge in [-0.1, -0.05) is 40.5 Å². The van der Waals surface area contributed by atoms with Gasteiger partial charge in [0, 0.05) is 11.8 Å². The summed E-state index contributed by atoms with van der Waals surface area (Å²) in [4.78, 5) is 80.6. The number of amides is 4. The van der Waals surface area contributed by atoms with Crippen LogP contribution in [0.2, 0.25) is 0 Å². The molecule has 1 fully saturated rings. The Morgan fingerprint density at radius 1 is 1.00 bits per heavy atom. The Kier molecular flexibility index (Phi) is 15.5. The van der Waals surface area contributed by atoms with Gasteiger partial charge < -0.3 is 36.6 Å². The zero-order chi connectivity index (χ0) is 34.6. The lowest BCUT2D eigenvalue weighted by atomic mass is 9.95. The quantitative estimate of drug-likeness (QED) is 0.0978. The van der Waals surface area contributed by atoms with E-state index in [1.807, 2.05) is 25.8 Å². The number of rotatable bonds is 18. The molecule has 1 aliphatic heterocycles. The highest BCUT2D eigenvalue weighted by molar-refractivity contribution is 7.14. The van der Waals surface area contributed by atoms with Gasteiger partial charge in [-0.05, 0) is 44.7 Å². The Morgan fingerprint density at radius 3 is 2.28 bits per heavy atom. The topological polar surface area (TPSA) is 239 Å². The van der Waals surface area contributed by atoms with Crippen molar-refractivity contribution in [3.05, 3.63) is 11.1 Å². The zero-order valence-corrected chi connectivity index (χ0v) is 27.7. The van der Waals surface area contributed by atoms with Crippen LogP contribution < -0.4 is 26.6 Å². The minimum Gasteiger partial charge on any atom is -0.481 e. The number of nitrogens with zero attached hydrogens (tertiary/aromatic N) is 2. The van der Waals surface area contributed by atoms with E-state index >= 15 is 0 Å². The number of carboxylic acids is 2. The number of carboxylic acid groups (broad SMARTS) is 2. The number of carbonyl (C=O) groups is 6. The molecule has 8 N–H and O–H groups in total. The smallest absolute Gasteiger partial charge is 0.317 e. The van der Waals surface area contributed by atoms with Gasteiger partial charge in [0.25, 0.3) is 5.91 Å². The van der Waals surface area contributed by atoms with Crippen LogP contribution in [-0.2, 0) is 24.0 Å². The number of piperidine rings is 1. The number of aromatic nitrogens is 1. The molecule has 258 valence electrons. The summed E-state index contributed by atoms with van der Waals surface area (Å²) in [6.45, 7) is 7.44. The van der Waals surface area contributed by atoms with Gasteiger partial charge in [-0.25, -0.2) is 4.98 Å². The molecule has 3 unspecified atom stereocenters. The van der Waals surface area contributed by atoms with Crippen molar-refractivity contribution >= 4 is 52.0 Å². The van der Waals surface area contributed by atoms with Gasteiger partial charge in [0.05, 0.1) is 18.6 Å². The Hall–Kier alpha value is -3.67. The average Bonchev–Trinajstić information content (AvgIpc) is 3.47. The maximum absolute atomic E-state index is 13.5. The highest BCUT2D eigenvalue weighted by atomic mass is 32.1. The Morgan fingerprint density at radius 2 is 1.70 bits per heavy atom. The summed E-state index contributed by atoms with van der Waals surface area (Å²) in [5.41, 5.74) is -0.136. The molecular formula is C29H47N7O9S. The molecule has 0 saturated carbocycles. The second-order valence-corrected chi connectivity index (χ2v) is 12.7. The number of anilines is 1. The predicted octanol–water partition coefficient (Wildman–Crippen LogP) is 0.193. The van der Waals surface area contributed by atoms with Crippen molar-refractivity contribution in [1.82, 2.24) is 31.2 Å². The van der Waals surface area contributed by atoms with Crippen LogP contribution in [0.25, 0.3) is 0 Å². The third kappa shape index (κ3) is 11.9. The molecule has 0 aliphatic carbocycles. The SMILES string of the molecule is CCC(C)[C@H](NC(=O)C1CCCCN1C)C(=O)N[C@H](C(=O)Nc1nc(C(=O)N[C@@H](CCC(=O)O)C(O)NCC(=O)O)cs1)C(C)C. The number of thiazole rings is 1. The van der Waals surface area contributed by atoms with Crippen LogP contribution in [0.5, 0.6) is 0 Å². The highest BCUT2D eigenvalue weighted by Crippen LogP contribution is 2.19. The van der Waals surface area contributed by atoms with Gasteiger partial charge >= 0.3 is 11.9 Å². The molecule has 46 heavy (non-hydrogen) atoms. The van der Waals surface area contributed by atoms with Crippen LogP contribution in [0.4, 0.5) is 5.13 Å². The van der Waals surface area contributed by atoms with E-state index in [2.05, 4.69) is 31.6 Å². The van der Waals surface area contributed by atoms with Gasteiger partial charge in [-0.2, -0.15) is 0 Å². The monoisotopic (exact) mass is 669 g/mol. The van der Waals surface area contributed by atoms with Crippen molar-refractivity contribution in [2.75, 3.05) is 25.5 Å². The highest BCUT2D eigenvalue weighted by Gasteiger charge is 2.34. The molecule has 2 rings (SSSR count). The number of aliphatic hydroxyl groups is 1. The predicted molar refractivity (Wildman–Crippen MR) is 169 cm³/mol. The number of aliphatic hydroxyl groups excluding tert-OH is 1. The van der Waals surface area contributed by atoms with Crippen molar-refractivity contribution in [2.24, 2.45) is 11.8 Å². The number of hydrogen-bond acceptors (Lipinski definition) is 11. The van der Waals surface area contributed by atoms with Crippen LogP contribution in [0.15, 0.2) is 5.38 Å². The van der Waals surface area contributed by atoms with Crippen molar-refractivity contribution in [3.8, 4) is 0 Å². The lowest BCUT2D eigenvalue weighted by Gasteiger charge is -2.34. The third-order valence-electron chi connectivity index (χ3n) is 7.91. The molecule has 0 radical (unpaired) electrons. The summed E-state index contributed by atoms with van der Waals surface area (Å²) in [5.74, 6) is -5.07. The molecule has 16 nitrogen and oxygen atoms in total. The van der Waals surface area contributed by atoms with Crippen LogP contribution in [0.3, 0.4) is 0 Å². The summed E-state index contributed by atoms with van der Waals surface area (Å²) in [7, 11) is 1.88. The fraction of sp³-hybridized carbons (Fsp3) is 0.690. The van der Waals surface area contributed by atoms with Crippen molar-refractivity contribution < 1.29 is 44.1 Å². The van der Waals surface area contributed by atoms with Crippen molar-refractivity contribution in [3.63, 3.8) is 0 Å². The average molecular weight is 670 g/mol. The largest absolute Gasteiger partial charge is 0.481 e. The van der Waals surface area contributed by atoms with Crippen molar-refractivity contribution in [1.29, 1.82) is 0 Å². The standard InChI is InChI=1S/C29H47N7O9S/c1-6-16(4)23(34-26(43)19-9-7-8-12-36(19)5)28(45)33-22(15(2)3)27(44)35-29-32-18(14-46-29)25(42)31-17(10-11-20(37)38)24(41)30-13-21(39)40/h14-17,19,22-24,30,41H,6-13H2,1-5H3,(H,31,42)(H,33,45)(H,34,43)(H,37,38)(H,39,40)(H,32,35,44)/t16?,17-,19?,22-,23-,24?/m0/s1. The molecule has 4 amide bonds. The molecule has 1 aromatic heterocycles. The number of likely N-dealkylation sites (N-methyl/N-ethyl adjacent to an activating group) is 1. The van der Waals surface area contributed by atoms with E-state index in [1.165, 1.54) is 5.38 Å². The second kappa shape index (κ2) is 18.5. The van der Waals surface area contributed by atoms with Crippen LogP contribution >= 0.6 is 11.3 Å². The maximum Gasteiger partial charge on any atom is 0.317 e. The van der Waals surface area contributed by atoms with E-state index in [1.54, 1.807) is 13.8 Å². The molecule has 0 spiro atoms. The van der Waals surface area contributed by atoms with Gasteiger partial charge in [0.15, 0.2) is 5.13 Å². The summed E-state index contributed by atoms with van der Waals surface area (Å²) in [6.07, 6.45) is 1.09. The molecule has 17 heteroatoms. The molecule has 1 aromatic rings. The Labute approximate surface area is 272 Å². The number of hydrogen-bond donors (Lipinski definition) is 8. The summed E-state index contributed by atoms with van der Waals surface area (Å²) < 4.78 is 0. The van der Waals surface area contributed by atoms with E-state index < -0.39 is 67.0 Å². The van der Waals surface area contributed by atoms with E-state index in [-0.39, 0.29) is 41.0 Å². The molecule has 6 atom stereocenters. The van der Waals surface area contributed by atoms with Gasteiger partial charge in [0.1, 0.15) is 24.0 Å². The van der Waals surface area contributed by atoms with Gasteiger partial charge in [0.2, 0.25) is 17.7 Å². The molecule has 0 bridgehead atoms.